The van der Waals surface area contributed by atoms with E-state index in [-0.39, 0.29) is 28.1 Å². The minimum atomic E-state index is -3.63. The Morgan fingerprint density at radius 3 is 2.32 bits per heavy atom. The number of aliphatic hydroxyl groups excluding tert-OH is 1. The Morgan fingerprint density at radius 2 is 1.74 bits per heavy atom. The molecule has 1 atom stereocenters. The molecule has 6 rings (SSSR count). The number of hydrogen-bond acceptors (Lipinski definition) is 7. The molecule has 1 N–H and O–H groups in total. The Morgan fingerprint density at radius 1 is 1.05 bits per heavy atom. The number of hydrogen-bond donors (Lipinski definition) is 1. The van der Waals surface area contributed by atoms with Gasteiger partial charge in [0.1, 0.15) is 11.4 Å². The first-order valence-electron chi connectivity index (χ1n) is 13.0. The van der Waals surface area contributed by atoms with Crippen molar-refractivity contribution in [3.8, 4) is 11.4 Å². The number of likely N-dealkylation sites (tertiary alicyclic amines) is 1. The highest BCUT2D eigenvalue weighted by Crippen LogP contribution is 2.49. The van der Waals surface area contributed by atoms with Crippen LogP contribution in [0.4, 0.5) is 5.69 Å². The third-order valence-electron chi connectivity index (χ3n) is 8.07. The van der Waals surface area contributed by atoms with Crippen LogP contribution in [0.3, 0.4) is 0 Å². The molecule has 3 aliphatic rings. The summed E-state index contributed by atoms with van der Waals surface area (Å²) < 4.78 is 31.8. The Labute approximate surface area is 222 Å². The number of carbonyl (C=O) groups excluding carboxylic acids is 1. The van der Waals surface area contributed by atoms with Gasteiger partial charge in [0.15, 0.2) is 14.9 Å². The second-order valence-corrected chi connectivity index (χ2v) is 12.7. The van der Waals surface area contributed by atoms with Crippen molar-refractivity contribution in [2.45, 2.75) is 42.2 Å². The Bertz CT molecular complexity index is 1480. The molecule has 2 aliphatic heterocycles. The van der Waals surface area contributed by atoms with Crippen molar-refractivity contribution in [1.29, 1.82) is 0 Å². The fraction of sp³-hybridized carbons (Fsp3) is 0.429. The van der Waals surface area contributed by atoms with Gasteiger partial charge in [-0.3, -0.25) is 9.69 Å². The molecule has 3 aromatic rings. The second-order valence-electron chi connectivity index (χ2n) is 10.7. The summed E-state index contributed by atoms with van der Waals surface area (Å²) in [5, 5.41) is 14.2. The van der Waals surface area contributed by atoms with Crippen LogP contribution in [0.5, 0.6) is 5.75 Å². The number of fused-ring (bicyclic) bond motifs is 1. The number of amides is 1. The van der Waals surface area contributed by atoms with Gasteiger partial charge in [-0.2, -0.15) is 5.10 Å². The van der Waals surface area contributed by atoms with Gasteiger partial charge in [-0.1, -0.05) is 12.1 Å². The zero-order chi connectivity index (χ0) is 26.7. The maximum absolute atomic E-state index is 13.8. The van der Waals surface area contributed by atoms with Crippen LogP contribution in [0.25, 0.3) is 5.69 Å². The number of aromatic nitrogens is 2. The van der Waals surface area contributed by atoms with Gasteiger partial charge in [-0.15, -0.1) is 0 Å². The van der Waals surface area contributed by atoms with Crippen LogP contribution in [0.2, 0.25) is 0 Å². The molecule has 0 unspecified atom stereocenters. The average Bonchev–Trinajstić information content (AvgIpc) is 3.38. The number of benzene rings is 2. The third kappa shape index (κ3) is 4.40. The molecule has 1 aliphatic carbocycles. The predicted octanol–water partition coefficient (Wildman–Crippen LogP) is 2.59. The van der Waals surface area contributed by atoms with Crippen LogP contribution >= 0.6 is 0 Å². The summed E-state index contributed by atoms with van der Waals surface area (Å²) >= 11 is 0. The van der Waals surface area contributed by atoms with E-state index in [0.717, 1.165) is 50.8 Å². The van der Waals surface area contributed by atoms with E-state index in [1.807, 2.05) is 12.1 Å². The molecule has 1 aromatic heterocycles. The van der Waals surface area contributed by atoms with Crippen molar-refractivity contribution < 1.29 is 23.1 Å². The lowest BCUT2D eigenvalue weighted by Gasteiger charge is -2.29. The molecule has 200 valence electrons. The van der Waals surface area contributed by atoms with Crippen molar-refractivity contribution in [2.24, 2.45) is 0 Å². The number of nitrogens with zero attached hydrogens (tertiary/aromatic N) is 4. The Hall–Kier alpha value is -3.21. The van der Waals surface area contributed by atoms with Crippen molar-refractivity contribution in [1.82, 2.24) is 14.7 Å². The molecule has 1 saturated heterocycles. The summed E-state index contributed by atoms with van der Waals surface area (Å²) in [4.78, 5) is 17.9. The van der Waals surface area contributed by atoms with Gasteiger partial charge < -0.3 is 14.7 Å². The number of carbonyl (C=O) groups is 1. The number of sulfone groups is 1. The SMILES string of the molecule is COc1ccc(-n2nc(S(C)(=O)=O)c3c2C(=O)N(c2ccc(C4(CN5CC[C@@H](O)C5)CC4)cc2)CC3)cc1. The highest BCUT2D eigenvalue weighted by atomic mass is 32.2. The number of rotatable bonds is 7. The molecule has 3 heterocycles. The minimum Gasteiger partial charge on any atom is -0.497 e. The van der Waals surface area contributed by atoms with Crippen LogP contribution in [-0.2, 0) is 21.7 Å². The first kappa shape index (κ1) is 25.1. The smallest absolute Gasteiger partial charge is 0.277 e. The molecule has 0 spiro atoms. The van der Waals surface area contributed by atoms with Crippen molar-refractivity contribution in [2.75, 3.05) is 44.4 Å². The highest BCUT2D eigenvalue weighted by Gasteiger charge is 2.46. The van der Waals surface area contributed by atoms with Crippen molar-refractivity contribution in [3.05, 3.63) is 65.4 Å². The number of aliphatic hydroxyl groups is 1. The average molecular weight is 537 g/mol. The Kier molecular flexibility index (Phi) is 6.08. The van der Waals surface area contributed by atoms with Crippen molar-refractivity contribution >= 4 is 21.4 Å². The van der Waals surface area contributed by atoms with Gasteiger partial charge in [-0.25, -0.2) is 13.1 Å². The third-order valence-corrected chi connectivity index (χ3v) is 9.10. The van der Waals surface area contributed by atoms with Crippen LogP contribution in [0, 0.1) is 0 Å². The summed E-state index contributed by atoms with van der Waals surface area (Å²) in [6, 6.07) is 15.2. The summed E-state index contributed by atoms with van der Waals surface area (Å²) in [6.45, 7) is 2.99. The molecule has 10 heteroatoms. The van der Waals surface area contributed by atoms with Crippen LogP contribution in [0.1, 0.15) is 40.9 Å². The standard InChI is InChI=1S/C28H32N4O5S/c1-37-23-9-7-21(8-10-23)32-25-24(26(29-32)38(2,35)36)12-16-31(27(25)34)20-5-3-19(4-6-20)28(13-14-28)18-30-15-11-22(33)17-30/h3-10,22,33H,11-18H2,1-2H3/t22-/m1/s1. The zero-order valence-corrected chi connectivity index (χ0v) is 22.4. The first-order chi connectivity index (χ1) is 18.2. The van der Waals surface area contributed by atoms with E-state index in [0.29, 0.717) is 30.0 Å². The molecular weight excluding hydrogens is 504 g/mol. The summed E-state index contributed by atoms with van der Waals surface area (Å²) in [7, 11) is -2.05. The van der Waals surface area contributed by atoms with Crippen LogP contribution in [0.15, 0.2) is 53.6 Å². The fourth-order valence-electron chi connectivity index (χ4n) is 5.85. The fourth-order valence-corrected chi connectivity index (χ4v) is 6.73. The number of ether oxygens (including phenoxy) is 1. The molecule has 1 saturated carbocycles. The lowest BCUT2D eigenvalue weighted by atomic mass is 9.94. The van der Waals surface area contributed by atoms with Crippen LogP contribution < -0.4 is 9.64 Å². The summed E-state index contributed by atoms with van der Waals surface area (Å²) in [6.07, 6.45) is 4.38. The second kappa shape index (κ2) is 9.21. The molecule has 9 nitrogen and oxygen atoms in total. The summed E-state index contributed by atoms with van der Waals surface area (Å²) in [5.41, 5.74) is 3.49. The zero-order valence-electron chi connectivity index (χ0n) is 21.6. The molecule has 0 radical (unpaired) electrons. The topological polar surface area (TPSA) is 105 Å². The monoisotopic (exact) mass is 536 g/mol. The van der Waals surface area contributed by atoms with E-state index in [1.54, 1.807) is 36.3 Å². The van der Waals surface area contributed by atoms with E-state index in [9.17, 15) is 18.3 Å². The highest BCUT2D eigenvalue weighted by molar-refractivity contribution is 7.90. The lowest BCUT2D eigenvalue weighted by Crippen LogP contribution is -2.39. The van der Waals surface area contributed by atoms with Gasteiger partial charge in [0.25, 0.3) is 5.91 Å². The van der Waals surface area contributed by atoms with E-state index >= 15 is 0 Å². The van der Waals surface area contributed by atoms with Gasteiger partial charge in [0.05, 0.1) is 18.9 Å². The maximum atomic E-state index is 13.8. The molecule has 2 fully saturated rings. The molecule has 38 heavy (non-hydrogen) atoms. The molecule has 2 aromatic carbocycles. The van der Waals surface area contributed by atoms with E-state index in [4.69, 9.17) is 4.74 Å². The normalized spacial score (nSPS) is 21.0. The number of β-amino-alcohol motifs (C(OH)–C–C–N with tert-alkyl or cyclic N) is 1. The lowest BCUT2D eigenvalue weighted by molar-refractivity contribution is 0.0973. The molecule has 0 bridgehead atoms. The van der Waals surface area contributed by atoms with Crippen LogP contribution in [-0.4, -0.2) is 79.8 Å². The minimum absolute atomic E-state index is 0.0469. The van der Waals surface area contributed by atoms with Gasteiger partial charge >= 0.3 is 0 Å². The van der Waals surface area contributed by atoms with E-state index in [1.165, 1.54) is 10.2 Å². The van der Waals surface area contributed by atoms with Crippen molar-refractivity contribution in [3.63, 3.8) is 0 Å². The molecule has 1 amide bonds. The summed E-state index contributed by atoms with van der Waals surface area (Å²) in [5.74, 6) is 0.380. The number of anilines is 1. The largest absolute Gasteiger partial charge is 0.497 e. The van der Waals surface area contributed by atoms with Gasteiger partial charge in [0, 0.05) is 49.1 Å². The molecular formula is C28H32N4O5S. The quantitative estimate of drug-likeness (QED) is 0.495. The maximum Gasteiger partial charge on any atom is 0.277 e. The van der Waals surface area contributed by atoms with Gasteiger partial charge in [-0.05, 0) is 67.6 Å². The van der Waals surface area contributed by atoms with E-state index < -0.39 is 9.84 Å². The van der Waals surface area contributed by atoms with Gasteiger partial charge in [0.2, 0.25) is 0 Å². The van der Waals surface area contributed by atoms with E-state index in [2.05, 4.69) is 22.1 Å². The first-order valence-corrected chi connectivity index (χ1v) is 14.9. The predicted molar refractivity (Wildman–Crippen MR) is 143 cm³/mol. The Balaban J connectivity index is 1.30. The number of methoxy groups -OCH3 is 1.